The molecule has 0 saturated heterocycles. The van der Waals surface area contributed by atoms with Crippen molar-refractivity contribution in [2.45, 2.75) is 71.3 Å². The van der Waals surface area contributed by atoms with Gasteiger partial charge in [-0.15, -0.1) is 0 Å². The highest BCUT2D eigenvalue weighted by Crippen LogP contribution is 2.30. The first kappa shape index (κ1) is 31.5. The zero-order valence-electron chi connectivity index (χ0n) is 24.9. The van der Waals surface area contributed by atoms with Crippen LogP contribution in [0.25, 0.3) is 0 Å². The molecule has 0 radical (unpaired) electrons. The van der Waals surface area contributed by atoms with Gasteiger partial charge in [-0.2, -0.15) is 0 Å². The Kier molecular flexibility index (Phi) is 11.5. The number of nitrogens with one attached hydrogen (secondary N) is 2. The van der Waals surface area contributed by atoms with Crippen LogP contribution in [0, 0.1) is 5.92 Å². The highest BCUT2D eigenvalue weighted by molar-refractivity contribution is 5.99. The smallest absolute Gasteiger partial charge is 0.343 e. The third-order valence-corrected chi connectivity index (χ3v) is 7.34. The van der Waals surface area contributed by atoms with E-state index in [1.54, 1.807) is 72.8 Å². The molecule has 1 aliphatic carbocycles. The molecule has 2 N–H and O–H groups in total. The summed E-state index contributed by atoms with van der Waals surface area (Å²) >= 11 is 0. The first-order valence-corrected chi connectivity index (χ1v) is 15.1. The van der Waals surface area contributed by atoms with E-state index < -0.39 is 12.0 Å². The van der Waals surface area contributed by atoms with Gasteiger partial charge in [-0.05, 0) is 98.8 Å². The topological polar surface area (TPSA) is 111 Å². The number of Topliss-reactive ketones (excluding diaryl/α,β-unsaturated/α-hetero) is 1. The third kappa shape index (κ3) is 10.1. The van der Waals surface area contributed by atoms with Crippen LogP contribution < -0.4 is 20.1 Å². The Balaban J connectivity index is 1.25. The molecule has 3 aromatic rings. The van der Waals surface area contributed by atoms with Gasteiger partial charge in [-0.1, -0.05) is 44.7 Å². The highest BCUT2D eigenvalue weighted by atomic mass is 16.5. The van der Waals surface area contributed by atoms with Crippen molar-refractivity contribution in [1.29, 1.82) is 0 Å². The van der Waals surface area contributed by atoms with E-state index >= 15 is 0 Å². The van der Waals surface area contributed by atoms with E-state index in [9.17, 15) is 19.2 Å². The minimum Gasteiger partial charge on any atom is -0.494 e. The quantitative estimate of drug-likeness (QED) is 0.112. The molecule has 1 aliphatic rings. The second-order valence-electron chi connectivity index (χ2n) is 11.0. The van der Waals surface area contributed by atoms with Crippen molar-refractivity contribution in [2.24, 2.45) is 5.92 Å². The number of ether oxygens (including phenoxy) is 2. The molecule has 4 rings (SSSR count). The average molecular weight is 585 g/mol. The lowest BCUT2D eigenvalue weighted by Crippen LogP contribution is -2.41. The van der Waals surface area contributed by atoms with Crippen LogP contribution in [0.15, 0.2) is 72.8 Å². The SMILES string of the molecule is CCCCCCCOc1ccc(C(=O)Oc2ccc(C[C@H](NC(=O)c3ccc(NC(=O)C4CC4)cc3)C(C)=O)cc2)cc1. The summed E-state index contributed by atoms with van der Waals surface area (Å²) in [6.45, 7) is 4.28. The highest BCUT2D eigenvalue weighted by Gasteiger charge is 2.29. The summed E-state index contributed by atoms with van der Waals surface area (Å²) in [4.78, 5) is 49.7. The Hall–Kier alpha value is -4.46. The number of hydrogen-bond acceptors (Lipinski definition) is 6. The fourth-order valence-electron chi connectivity index (χ4n) is 4.51. The fraction of sp³-hybridized carbons (Fsp3) is 0.371. The van der Waals surface area contributed by atoms with Crippen LogP contribution in [-0.4, -0.2) is 36.2 Å². The number of hydrogen-bond donors (Lipinski definition) is 2. The molecular weight excluding hydrogens is 544 g/mol. The molecule has 1 fully saturated rings. The van der Waals surface area contributed by atoms with Gasteiger partial charge in [0.25, 0.3) is 5.91 Å². The molecule has 0 aliphatic heterocycles. The molecule has 0 unspecified atom stereocenters. The number of amides is 2. The number of carbonyl (C=O) groups excluding carboxylic acids is 4. The molecule has 0 heterocycles. The second kappa shape index (κ2) is 15.7. The van der Waals surface area contributed by atoms with Crippen molar-refractivity contribution < 1.29 is 28.7 Å². The summed E-state index contributed by atoms with van der Waals surface area (Å²) in [7, 11) is 0. The Labute approximate surface area is 253 Å². The van der Waals surface area contributed by atoms with Gasteiger partial charge in [-0.3, -0.25) is 14.4 Å². The minimum absolute atomic E-state index is 0.00234. The standard InChI is InChI=1S/C35H40N2O6/c1-3-4-5-6-7-22-42-30-20-14-28(15-21-30)35(41)43-31-18-8-25(9-19-31)23-32(24(2)38)37-34(40)27-12-16-29(17-13-27)36-33(39)26-10-11-26/h8-9,12-21,26,32H,3-7,10-11,22-23H2,1-2H3,(H,36,39)(H,37,40)/t32-/m0/s1. The van der Waals surface area contributed by atoms with Crippen LogP contribution in [-0.2, 0) is 16.0 Å². The van der Waals surface area contributed by atoms with Gasteiger partial charge >= 0.3 is 5.97 Å². The van der Waals surface area contributed by atoms with Gasteiger partial charge in [0.2, 0.25) is 5.91 Å². The van der Waals surface area contributed by atoms with E-state index in [4.69, 9.17) is 9.47 Å². The molecule has 0 spiro atoms. The van der Waals surface area contributed by atoms with Gasteiger partial charge in [0.1, 0.15) is 11.5 Å². The van der Waals surface area contributed by atoms with Crippen molar-refractivity contribution in [1.82, 2.24) is 5.32 Å². The zero-order chi connectivity index (χ0) is 30.6. The van der Waals surface area contributed by atoms with E-state index in [0.29, 0.717) is 29.2 Å². The first-order valence-electron chi connectivity index (χ1n) is 15.1. The summed E-state index contributed by atoms with van der Waals surface area (Å²) in [6.07, 6.45) is 7.95. The number of unbranched alkanes of at least 4 members (excludes halogenated alkanes) is 4. The predicted octanol–water partition coefficient (Wildman–Crippen LogP) is 6.53. The van der Waals surface area contributed by atoms with Gasteiger partial charge in [0, 0.05) is 17.2 Å². The Morgan fingerprint density at radius 3 is 2.05 bits per heavy atom. The Morgan fingerprint density at radius 2 is 1.42 bits per heavy atom. The van der Waals surface area contributed by atoms with E-state index in [1.165, 1.54) is 26.2 Å². The van der Waals surface area contributed by atoms with Gasteiger partial charge in [0.15, 0.2) is 5.78 Å². The number of anilines is 1. The van der Waals surface area contributed by atoms with Crippen molar-refractivity contribution in [3.05, 3.63) is 89.5 Å². The Bertz CT molecular complexity index is 1380. The summed E-state index contributed by atoms with van der Waals surface area (Å²) in [5, 5.41) is 5.64. The molecule has 0 aromatic heterocycles. The van der Waals surface area contributed by atoms with Crippen LogP contribution >= 0.6 is 0 Å². The van der Waals surface area contributed by atoms with Crippen molar-refractivity contribution in [3.8, 4) is 11.5 Å². The number of ketones is 1. The maximum atomic E-state index is 12.8. The number of carbonyl (C=O) groups is 4. The molecule has 0 bridgehead atoms. The monoisotopic (exact) mass is 584 g/mol. The molecule has 226 valence electrons. The summed E-state index contributed by atoms with van der Waals surface area (Å²) in [5.74, 6) is 0.141. The second-order valence-corrected chi connectivity index (χ2v) is 11.0. The summed E-state index contributed by atoms with van der Waals surface area (Å²) in [5.41, 5.74) is 2.23. The first-order chi connectivity index (χ1) is 20.8. The molecule has 1 atom stereocenters. The van der Waals surface area contributed by atoms with Crippen molar-refractivity contribution in [3.63, 3.8) is 0 Å². The number of rotatable bonds is 16. The predicted molar refractivity (Wildman–Crippen MR) is 166 cm³/mol. The molecule has 1 saturated carbocycles. The molecule has 2 amide bonds. The van der Waals surface area contributed by atoms with Crippen LogP contribution in [0.4, 0.5) is 5.69 Å². The Morgan fingerprint density at radius 1 is 0.791 bits per heavy atom. The number of benzene rings is 3. The molecule has 3 aromatic carbocycles. The summed E-state index contributed by atoms with van der Waals surface area (Å²) in [6, 6.07) is 19.6. The molecule has 8 heteroatoms. The van der Waals surface area contributed by atoms with E-state index in [1.807, 2.05) is 0 Å². The van der Waals surface area contributed by atoms with Crippen LogP contribution in [0.3, 0.4) is 0 Å². The van der Waals surface area contributed by atoms with Crippen molar-refractivity contribution in [2.75, 3.05) is 11.9 Å². The maximum absolute atomic E-state index is 12.8. The normalized spacial score (nSPS) is 13.1. The van der Waals surface area contributed by atoms with Crippen molar-refractivity contribution >= 4 is 29.3 Å². The van der Waals surface area contributed by atoms with E-state index in [0.717, 1.165) is 37.0 Å². The van der Waals surface area contributed by atoms with E-state index in [-0.39, 0.29) is 29.9 Å². The third-order valence-electron chi connectivity index (χ3n) is 7.34. The molecule has 8 nitrogen and oxygen atoms in total. The van der Waals surface area contributed by atoms with Crippen LogP contribution in [0.1, 0.15) is 85.1 Å². The lowest BCUT2D eigenvalue weighted by Gasteiger charge is -2.16. The van der Waals surface area contributed by atoms with Crippen LogP contribution in [0.5, 0.6) is 11.5 Å². The summed E-state index contributed by atoms with van der Waals surface area (Å²) < 4.78 is 11.3. The zero-order valence-corrected chi connectivity index (χ0v) is 24.9. The van der Waals surface area contributed by atoms with Gasteiger partial charge in [0.05, 0.1) is 18.2 Å². The largest absolute Gasteiger partial charge is 0.494 e. The van der Waals surface area contributed by atoms with E-state index in [2.05, 4.69) is 17.6 Å². The molecule has 43 heavy (non-hydrogen) atoms. The lowest BCUT2D eigenvalue weighted by atomic mass is 10.0. The lowest BCUT2D eigenvalue weighted by molar-refractivity contribution is -0.119. The average Bonchev–Trinajstić information content (AvgIpc) is 3.86. The molecular formula is C35H40N2O6. The van der Waals surface area contributed by atoms with Gasteiger partial charge < -0.3 is 20.1 Å². The number of esters is 1. The minimum atomic E-state index is -0.729. The maximum Gasteiger partial charge on any atom is 0.343 e. The fourth-order valence-corrected chi connectivity index (χ4v) is 4.51. The van der Waals surface area contributed by atoms with Gasteiger partial charge in [-0.25, -0.2) is 4.79 Å². The van der Waals surface area contributed by atoms with Crippen LogP contribution in [0.2, 0.25) is 0 Å².